The van der Waals surface area contributed by atoms with Gasteiger partial charge in [0.05, 0.1) is 11.7 Å². The molecule has 0 aliphatic heterocycles. The third-order valence-corrected chi connectivity index (χ3v) is 4.26. The van der Waals surface area contributed by atoms with Crippen LogP contribution in [-0.2, 0) is 0 Å². The summed E-state index contributed by atoms with van der Waals surface area (Å²) in [6.45, 7) is 3.99. The lowest BCUT2D eigenvalue weighted by molar-refractivity contribution is 0.520. The van der Waals surface area contributed by atoms with Crippen molar-refractivity contribution >= 4 is 32.6 Å². The number of furan rings is 1. The zero-order chi connectivity index (χ0) is 15.0. The number of fused-ring (bicyclic) bond motifs is 1. The van der Waals surface area contributed by atoms with Crippen LogP contribution in [0.5, 0.6) is 0 Å². The number of nitrogens with one attached hydrogen (secondary N) is 1. The minimum absolute atomic E-state index is 0.134. The molecule has 0 fully saturated rings. The fourth-order valence-corrected chi connectivity index (χ4v) is 2.98. The van der Waals surface area contributed by atoms with Gasteiger partial charge in [0.15, 0.2) is 0 Å². The van der Waals surface area contributed by atoms with E-state index in [0.717, 1.165) is 22.3 Å². The molecule has 1 unspecified atom stereocenters. The Kier molecular flexibility index (Phi) is 3.72. The average molecular weight is 348 g/mol. The average Bonchev–Trinajstić information content (AvgIpc) is 2.81. The van der Waals surface area contributed by atoms with Crippen LogP contribution in [0.4, 0.5) is 10.1 Å². The molecule has 3 rings (SSSR count). The van der Waals surface area contributed by atoms with Crippen LogP contribution in [0, 0.1) is 12.7 Å². The number of benzene rings is 2. The molecule has 0 radical (unpaired) electrons. The van der Waals surface area contributed by atoms with Gasteiger partial charge in [-0.15, -0.1) is 0 Å². The highest BCUT2D eigenvalue weighted by molar-refractivity contribution is 9.10. The molecule has 0 spiro atoms. The van der Waals surface area contributed by atoms with Crippen LogP contribution in [-0.4, -0.2) is 0 Å². The lowest BCUT2D eigenvalue weighted by Gasteiger charge is -2.16. The van der Waals surface area contributed by atoms with E-state index in [1.807, 2.05) is 44.2 Å². The van der Waals surface area contributed by atoms with E-state index in [1.54, 1.807) is 6.07 Å². The second-order valence-corrected chi connectivity index (χ2v) is 5.90. The first kappa shape index (κ1) is 14.1. The molecule has 1 atom stereocenters. The Morgan fingerprint density at radius 1 is 1.14 bits per heavy atom. The normalized spacial score (nSPS) is 12.6. The summed E-state index contributed by atoms with van der Waals surface area (Å²) in [5.41, 5.74) is 2.38. The first-order valence-corrected chi connectivity index (χ1v) is 7.56. The van der Waals surface area contributed by atoms with Crippen molar-refractivity contribution in [2.75, 3.05) is 5.32 Å². The van der Waals surface area contributed by atoms with Crippen molar-refractivity contribution in [3.63, 3.8) is 0 Å². The van der Waals surface area contributed by atoms with Crippen molar-refractivity contribution in [3.8, 4) is 0 Å². The molecule has 1 heterocycles. The van der Waals surface area contributed by atoms with Crippen molar-refractivity contribution in [2.45, 2.75) is 19.9 Å². The van der Waals surface area contributed by atoms with Crippen LogP contribution >= 0.6 is 15.9 Å². The van der Waals surface area contributed by atoms with E-state index < -0.39 is 0 Å². The largest absolute Gasteiger partial charge is 0.459 e. The fraction of sp³-hybridized carbons (Fsp3) is 0.176. The van der Waals surface area contributed by atoms with Crippen LogP contribution in [0.1, 0.15) is 24.3 Å². The van der Waals surface area contributed by atoms with Crippen LogP contribution in [0.2, 0.25) is 0 Å². The monoisotopic (exact) mass is 347 g/mol. The molecule has 4 heteroatoms. The minimum atomic E-state index is -0.287. The lowest BCUT2D eigenvalue weighted by atomic mass is 10.1. The van der Waals surface area contributed by atoms with Gasteiger partial charge in [-0.25, -0.2) is 4.39 Å². The van der Waals surface area contributed by atoms with Crippen LogP contribution in [0.15, 0.2) is 51.4 Å². The van der Waals surface area contributed by atoms with E-state index in [-0.39, 0.29) is 11.9 Å². The summed E-state index contributed by atoms with van der Waals surface area (Å²) in [5.74, 6) is 0.538. The van der Waals surface area contributed by atoms with Crippen molar-refractivity contribution in [3.05, 3.63) is 64.1 Å². The maximum atomic E-state index is 13.9. The molecule has 0 amide bonds. The summed E-state index contributed by atoms with van der Waals surface area (Å²) < 4.78 is 20.5. The molecular weight excluding hydrogens is 333 g/mol. The van der Waals surface area contributed by atoms with Gasteiger partial charge in [-0.2, -0.15) is 0 Å². The molecule has 1 N–H and O–H groups in total. The molecule has 108 valence electrons. The third-order valence-electron chi connectivity index (χ3n) is 3.60. The van der Waals surface area contributed by atoms with Crippen molar-refractivity contribution in [1.82, 2.24) is 0 Å². The highest BCUT2D eigenvalue weighted by Crippen LogP contribution is 2.33. The molecule has 0 saturated heterocycles. The first-order valence-electron chi connectivity index (χ1n) is 6.76. The fourth-order valence-electron chi connectivity index (χ4n) is 2.52. The van der Waals surface area contributed by atoms with Gasteiger partial charge in [0, 0.05) is 15.4 Å². The Bertz CT molecular complexity index is 776. The topological polar surface area (TPSA) is 25.2 Å². The number of hydrogen-bond acceptors (Lipinski definition) is 2. The zero-order valence-electron chi connectivity index (χ0n) is 11.8. The summed E-state index contributed by atoms with van der Waals surface area (Å²) in [7, 11) is 0. The summed E-state index contributed by atoms with van der Waals surface area (Å²) in [6.07, 6.45) is 0. The Balaban J connectivity index is 1.97. The van der Waals surface area contributed by atoms with E-state index >= 15 is 0 Å². The Morgan fingerprint density at radius 3 is 2.62 bits per heavy atom. The predicted molar refractivity (Wildman–Crippen MR) is 87.1 cm³/mol. The van der Waals surface area contributed by atoms with Crippen LogP contribution in [0.3, 0.4) is 0 Å². The molecule has 21 heavy (non-hydrogen) atoms. The summed E-state index contributed by atoms with van der Waals surface area (Å²) in [6, 6.07) is 12.7. The smallest absolute Gasteiger partial charge is 0.147 e. The van der Waals surface area contributed by atoms with Gasteiger partial charge in [0.25, 0.3) is 0 Å². The van der Waals surface area contributed by atoms with Gasteiger partial charge in [-0.1, -0.05) is 24.3 Å². The molecule has 0 aliphatic rings. The van der Waals surface area contributed by atoms with Gasteiger partial charge >= 0.3 is 0 Å². The number of hydrogen-bond donors (Lipinski definition) is 1. The zero-order valence-corrected chi connectivity index (χ0v) is 13.4. The minimum Gasteiger partial charge on any atom is -0.459 e. The molecule has 2 aromatic carbocycles. The van der Waals surface area contributed by atoms with Crippen LogP contribution in [0.25, 0.3) is 11.0 Å². The van der Waals surface area contributed by atoms with Crippen molar-refractivity contribution in [1.29, 1.82) is 0 Å². The van der Waals surface area contributed by atoms with Crippen molar-refractivity contribution < 1.29 is 8.81 Å². The number of aryl methyl sites for hydroxylation is 1. The van der Waals surface area contributed by atoms with Gasteiger partial charge in [-0.3, -0.25) is 0 Å². The van der Waals surface area contributed by atoms with Gasteiger partial charge < -0.3 is 9.73 Å². The Morgan fingerprint density at radius 2 is 1.90 bits per heavy atom. The summed E-state index contributed by atoms with van der Waals surface area (Å²) >= 11 is 3.37. The predicted octanol–water partition coefficient (Wildman–Crippen LogP) is 5.82. The van der Waals surface area contributed by atoms with Crippen molar-refractivity contribution in [2.24, 2.45) is 0 Å². The molecule has 0 bridgehead atoms. The summed E-state index contributed by atoms with van der Waals surface area (Å²) in [4.78, 5) is 0. The van der Waals surface area contributed by atoms with Gasteiger partial charge in [0.2, 0.25) is 0 Å². The highest BCUT2D eigenvalue weighted by Gasteiger charge is 2.18. The second-order valence-electron chi connectivity index (χ2n) is 5.05. The van der Waals surface area contributed by atoms with E-state index in [2.05, 4.69) is 21.2 Å². The standard InChI is InChI=1S/C17H15BrFNO/c1-10-12-6-3-4-9-15(12)21-17(10)11(2)20-16-13(18)7-5-8-14(16)19/h3-9,11,20H,1-2H3. The Hall–Kier alpha value is -1.81. The Labute approximate surface area is 131 Å². The van der Waals surface area contributed by atoms with E-state index in [0.29, 0.717) is 10.2 Å². The molecule has 2 nitrogen and oxygen atoms in total. The van der Waals surface area contributed by atoms with E-state index in [1.165, 1.54) is 6.07 Å². The number of halogens is 2. The SMILES string of the molecule is Cc1c(C(C)Nc2c(F)cccc2Br)oc2ccccc12. The molecule has 0 aliphatic carbocycles. The number of rotatable bonds is 3. The maximum Gasteiger partial charge on any atom is 0.147 e. The number of anilines is 1. The quantitative estimate of drug-likeness (QED) is 0.646. The lowest BCUT2D eigenvalue weighted by Crippen LogP contribution is -2.08. The number of para-hydroxylation sites is 2. The molecular formula is C17H15BrFNO. The maximum absolute atomic E-state index is 13.9. The van der Waals surface area contributed by atoms with Gasteiger partial charge in [-0.05, 0) is 48.0 Å². The highest BCUT2D eigenvalue weighted by atomic mass is 79.9. The van der Waals surface area contributed by atoms with Crippen LogP contribution < -0.4 is 5.32 Å². The second kappa shape index (κ2) is 5.53. The first-order chi connectivity index (χ1) is 10.1. The van der Waals surface area contributed by atoms with E-state index in [9.17, 15) is 4.39 Å². The molecule has 3 aromatic rings. The van der Waals surface area contributed by atoms with Gasteiger partial charge in [0.1, 0.15) is 17.2 Å². The summed E-state index contributed by atoms with van der Waals surface area (Å²) in [5, 5.41) is 4.27. The van der Waals surface area contributed by atoms with E-state index in [4.69, 9.17) is 4.42 Å². The molecule has 0 saturated carbocycles. The third kappa shape index (κ3) is 2.56. The molecule has 1 aromatic heterocycles.